The number of nitrogens with zero attached hydrogens (tertiary/aromatic N) is 2. The van der Waals surface area contributed by atoms with Crippen LogP contribution >= 0.6 is 0 Å². The van der Waals surface area contributed by atoms with Gasteiger partial charge in [0.2, 0.25) is 0 Å². The summed E-state index contributed by atoms with van der Waals surface area (Å²) in [6.45, 7) is 2.17. The zero-order chi connectivity index (χ0) is 18.1. The maximum absolute atomic E-state index is 14.5. The molecular weight excluding hydrogens is 327 g/mol. The maximum atomic E-state index is 14.5. The van der Waals surface area contributed by atoms with Crippen molar-refractivity contribution >= 4 is 17.3 Å². The van der Waals surface area contributed by atoms with E-state index in [1.807, 2.05) is 6.07 Å². The summed E-state index contributed by atoms with van der Waals surface area (Å²) in [6.07, 6.45) is 1.40. The fourth-order valence-electron chi connectivity index (χ4n) is 3.16. The molecule has 0 bridgehead atoms. The van der Waals surface area contributed by atoms with Gasteiger partial charge >= 0.3 is 5.69 Å². The first kappa shape index (κ1) is 16.9. The minimum Gasteiger partial charge on any atom is -0.490 e. The number of aryl methyl sites for hydroxylation is 2. The molecule has 0 N–H and O–H groups in total. The van der Waals surface area contributed by atoms with E-state index in [-0.39, 0.29) is 22.7 Å². The lowest BCUT2D eigenvalue weighted by atomic mass is 9.98. The summed E-state index contributed by atoms with van der Waals surface area (Å²) in [7, 11) is 1.32. The first-order valence-corrected chi connectivity index (χ1v) is 7.85. The molecule has 0 unspecified atom stereocenters. The number of methoxy groups -OCH3 is 1. The van der Waals surface area contributed by atoms with Gasteiger partial charge in [-0.15, -0.1) is 0 Å². The molecule has 0 aromatic heterocycles. The van der Waals surface area contributed by atoms with Gasteiger partial charge in [-0.2, -0.15) is 0 Å². The summed E-state index contributed by atoms with van der Waals surface area (Å²) >= 11 is 0. The number of halogens is 1. The molecule has 0 aliphatic carbocycles. The van der Waals surface area contributed by atoms with Gasteiger partial charge in [0.05, 0.1) is 17.7 Å². The van der Waals surface area contributed by atoms with E-state index >= 15 is 0 Å². The molecular formula is C18H17FN2O4. The molecule has 130 valence electrons. The molecule has 1 aliphatic rings. The van der Waals surface area contributed by atoms with Crippen LogP contribution in [0.25, 0.3) is 0 Å². The summed E-state index contributed by atoms with van der Waals surface area (Å²) in [5.41, 5.74) is 1.67. The molecule has 6 nitrogen and oxygen atoms in total. The number of amides is 1. The van der Waals surface area contributed by atoms with E-state index in [4.69, 9.17) is 4.74 Å². The molecule has 0 fully saturated rings. The summed E-state index contributed by atoms with van der Waals surface area (Å²) in [6, 6.07) is 7.26. The van der Waals surface area contributed by atoms with Crippen molar-refractivity contribution in [2.45, 2.75) is 19.8 Å². The van der Waals surface area contributed by atoms with Crippen molar-refractivity contribution < 1.29 is 18.8 Å². The zero-order valence-electron chi connectivity index (χ0n) is 13.9. The average Bonchev–Trinajstić information content (AvgIpc) is 2.59. The third kappa shape index (κ3) is 3.05. The molecule has 25 heavy (non-hydrogen) atoms. The van der Waals surface area contributed by atoms with Crippen LogP contribution in [0.4, 0.5) is 15.8 Å². The van der Waals surface area contributed by atoms with Gasteiger partial charge in [0.25, 0.3) is 5.91 Å². The zero-order valence-corrected chi connectivity index (χ0v) is 13.9. The van der Waals surface area contributed by atoms with Gasteiger partial charge in [0.1, 0.15) is 5.82 Å². The lowest BCUT2D eigenvalue weighted by Gasteiger charge is -2.30. The number of benzene rings is 2. The second-order valence-electron chi connectivity index (χ2n) is 5.96. The molecule has 1 aliphatic heterocycles. The van der Waals surface area contributed by atoms with E-state index in [1.54, 1.807) is 6.92 Å². The summed E-state index contributed by atoms with van der Waals surface area (Å²) in [4.78, 5) is 24.8. The standard InChI is InChI=1S/C18H17FN2O4/c1-11-8-12-4-3-7-20(17(12)14(19)9-11)18(22)13-5-6-16(25-2)15(10-13)21(23)24/h5-6,8-10H,3-4,7H2,1-2H3. The highest BCUT2D eigenvalue weighted by Crippen LogP contribution is 2.34. The number of hydrogen-bond donors (Lipinski definition) is 0. The van der Waals surface area contributed by atoms with E-state index in [0.29, 0.717) is 19.4 Å². The predicted octanol–water partition coefficient (Wildman–Crippen LogP) is 3.64. The van der Waals surface area contributed by atoms with Crippen molar-refractivity contribution in [1.29, 1.82) is 0 Å². The Morgan fingerprint density at radius 1 is 1.32 bits per heavy atom. The van der Waals surface area contributed by atoms with Crippen molar-refractivity contribution in [1.82, 2.24) is 0 Å². The van der Waals surface area contributed by atoms with Crippen molar-refractivity contribution in [3.63, 3.8) is 0 Å². The average molecular weight is 344 g/mol. The van der Waals surface area contributed by atoms with Crippen molar-refractivity contribution in [3.8, 4) is 5.75 Å². The van der Waals surface area contributed by atoms with Crippen LogP contribution in [0.5, 0.6) is 5.75 Å². The Labute approximate surface area is 144 Å². The quantitative estimate of drug-likeness (QED) is 0.629. The number of anilines is 1. The van der Waals surface area contributed by atoms with E-state index in [9.17, 15) is 19.3 Å². The van der Waals surface area contributed by atoms with Gasteiger partial charge in [-0.05, 0) is 49.1 Å². The van der Waals surface area contributed by atoms with Gasteiger partial charge in [0.15, 0.2) is 5.75 Å². The van der Waals surface area contributed by atoms with Crippen LogP contribution < -0.4 is 9.64 Å². The number of fused-ring (bicyclic) bond motifs is 1. The van der Waals surface area contributed by atoms with Gasteiger partial charge < -0.3 is 9.64 Å². The third-order valence-corrected chi connectivity index (χ3v) is 4.25. The summed E-state index contributed by atoms with van der Waals surface area (Å²) in [5, 5.41) is 11.2. The Morgan fingerprint density at radius 3 is 2.76 bits per heavy atom. The molecule has 7 heteroatoms. The largest absolute Gasteiger partial charge is 0.490 e. The van der Waals surface area contributed by atoms with Gasteiger partial charge in [-0.3, -0.25) is 14.9 Å². The second-order valence-corrected chi connectivity index (χ2v) is 5.96. The van der Waals surface area contributed by atoms with E-state index in [1.165, 1.54) is 36.3 Å². The molecule has 1 heterocycles. The van der Waals surface area contributed by atoms with Crippen LogP contribution in [0.1, 0.15) is 27.9 Å². The highest BCUT2D eigenvalue weighted by molar-refractivity contribution is 6.07. The third-order valence-electron chi connectivity index (χ3n) is 4.25. The number of carbonyl (C=O) groups excluding carboxylic acids is 1. The second kappa shape index (κ2) is 6.51. The molecule has 0 atom stereocenters. The SMILES string of the molecule is COc1ccc(C(=O)N2CCCc3cc(C)cc(F)c32)cc1[N+](=O)[O-]. The molecule has 0 saturated carbocycles. The number of nitro benzene ring substituents is 1. The molecule has 1 amide bonds. The van der Waals surface area contributed by atoms with E-state index in [2.05, 4.69) is 0 Å². The van der Waals surface area contributed by atoms with Gasteiger partial charge in [0, 0.05) is 18.2 Å². The predicted molar refractivity (Wildman–Crippen MR) is 90.8 cm³/mol. The van der Waals surface area contributed by atoms with Crippen LogP contribution in [0, 0.1) is 22.9 Å². The van der Waals surface area contributed by atoms with E-state index in [0.717, 1.165) is 11.1 Å². The Hall–Kier alpha value is -2.96. The van der Waals surface area contributed by atoms with Gasteiger partial charge in [-0.25, -0.2) is 4.39 Å². The van der Waals surface area contributed by atoms with Crippen molar-refractivity contribution in [2.75, 3.05) is 18.6 Å². The van der Waals surface area contributed by atoms with Crippen molar-refractivity contribution in [3.05, 3.63) is 63.0 Å². The smallest absolute Gasteiger partial charge is 0.311 e. The molecule has 3 rings (SSSR count). The highest BCUT2D eigenvalue weighted by Gasteiger charge is 2.28. The van der Waals surface area contributed by atoms with Crippen LogP contribution in [-0.2, 0) is 6.42 Å². The lowest BCUT2D eigenvalue weighted by Crippen LogP contribution is -2.36. The minimum absolute atomic E-state index is 0.0717. The van der Waals surface area contributed by atoms with Crippen LogP contribution in [-0.4, -0.2) is 24.5 Å². The highest BCUT2D eigenvalue weighted by atomic mass is 19.1. The van der Waals surface area contributed by atoms with Crippen molar-refractivity contribution in [2.24, 2.45) is 0 Å². The van der Waals surface area contributed by atoms with Crippen LogP contribution in [0.3, 0.4) is 0 Å². The van der Waals surface area contributed by atoms with Crippen LogP contribution in [0.2, 0.25) is 0 Å². The minimum atomic E-state index is -0.607. The molecule has 0 radical (unpaired) electrons. The molecule has 0 saturated heterocycles. The number of nitro groups is 1. The Balaban J connectivity index is 2.04. The Bertz CT molecular complexity index is 866. The first-order chi connectivity index (χ1) is 11.9. The fourth-order valence-corrected chi connectivity index (χ4v) is 3.16. The normalized spacial score (nSPS) is 13.3. The number of rotatable bonds is 3. The molecule has 2 aromatic rings. The van der Waals surface area contributed by atoms with Crippen LogP contribution in [0.15, 0.2) is 30.3 Å². The topological polar surface area (TPSA) is 72.7 Å². The molecule has 0 spiro atoms. The summed E-state index contributed by atoms with van der Waals surface area (Å²) < 4.78 is 19.4. The first-order valence-electron chi connectivity index (χ1n) is 7.85. The summed E-state index contributed by atoms with van der Waals surface area (Å²) in [5.74, 6) is -0.845. The van der Waals surface area contributed by atoms with Gasteiger partial charge in [-0.1, -0.05) is 6.07 Å². The maximum Gasteiger partial charge on any atom is 0.311 e. The number of hydrogen-bond acceptors (Lipinski definition) is 4. The number of carbonyl (C=O) groups is 1. The monoisotopic (exact) mass is 344 g/mol. The Morgan fingerprint density at radius 2 is 2.08 bits per heavy atom. The fraction of sp³-hybridized carbons (Fsp3) is 0.278. The molecule has 2 aromatic carbocycles. The van der Waals surface area contributed by atoms with E-state index < -0.39 is 16.6 Å². The lowest BCUT2D eigenvalue weighted by molar-refractivity contribution is -0.385. The Kier molecular flexibility index (Phi) is 4.39. The number of ether oxygens (including phenoxy) is 1.